The smallest absolute Gasteiger partial charge is 0.255 e. The summed E-state index contributed by atoms with van der Waals surface area (Å²) in [5, 5.41) is 3.37. The fourth-order valence-corrected chi connectivity index (χ4v) is 4.81. The second-order valence-corrected chi connectivity index (χ2v) is 9.64. The standard InChI is InChI=1S/C21H24Cl2N2O4S/c1-3-11-25(14-20(26)24-18-13-15(22)9-10-17(18)23)21(27)16-7-5-6-8-19(16)30(28,29)12-4-2/h5-10,13H,3-4,11-12,14H2,1-2H3,(H,24,26). The molecule has 2 rings (SSSR count). The maximum absolute atomic E-state index is 13.1. The molecule has 9 heteroatoms. The van der Waals surface area contributed by atoms with Crippen molar-refractivity contribution in [3.63, 3.8) is 0 Å². The lowest BCUT2D eigenvalue weighted by Gasteiger charge is -2.23. The minimum Gasteiger partial charge on any atom is -0.329 e. The van der Waals surface area contributed by atoms with Crippen molar-refractivity contribution < 1.29 is 18.0 Å². The Labute approximate surface area is 187 Å². The first-order chi connectivity index (χ1) is 14.2. The largest absolute Gasteiger partial charge is 0.329 e. The van der Waals surface area contributed by atoms with Gasteiger partial charge in [0.05, 0.1) is 26.9 Å². The molecule has 162 valence electrons. The molecule has 0 unspecified atom stereocenters. The van der Waals surface area contributed by atoms with E-state index in [1.54, 1.807) is 31.2 Å². The fraction of sp³-hybridized carbons (Fsp3) is 0.333. The van der Waals surface area contributed by atoms with Gasteiger partial charge in [-0.15, -0.1) is 0 Å². The molecule has 0 aromatic heterocycles. The Morgan fingerprint density at radius 3 is 2.40 bits per heavy atom. The molecule has 2 aromatic rings. The SMILES string of the molecule is CCCN(CC(=O)Nc1cc(Cl)ccc1Cl)C(=O)c1ccccc1S(=O)(=O)CCC. The Morgan fingerprint density at radius 1 is 1.03 bits per heavy atom. The first kappa shape index (κ1) is 24.2. The van der Waals surface area contributed by atoms with Gasteiger partial charge in [-0.3, -0.25) is 9.59 Å². The van der Waals surface area contributed by atoms with Gasteiger partial charge in [0.25, 0.3) is 5.91 Å². The summed E-state index contributed by atoms with van der Waals surface area (Å²) in [7, 11) is -3.60. The number of halogens is 2. The zero-order chi connectivity index (χ0) is 22.3. The summed E-state index contributed by atoms with van der Waals surface area (Å²) < 4.78 is 25.2. The summed E-state index contributed by atoms with van der Waals surface area (Å²) in [4.78, 5) is 27.0. The number of anilines is 1. The molecule has 0 aliphatic rings. The summed E-state index contributed by atoms with van der Waals surface area (Å²) >= 11 is 12.0. The third-order valence-electron chi connectivity index (χ3n) is 4.24. The Hall–Kier alpha value is -2.09. The van der Waals surface area contributed by atoms with Crippen LogP contribution < -0.4 is 5.32 Å². The van der Waals surface area contributed by atoms with Crippen LogP contribution in [0.15, 0.2) is 47.4 Å². The molecule has 0 saturated carbocycles. The average Bonchev–Trinajstić information content (AvgIpc) is 2.70. The Morgan fingerprint density at radius 2 is 1.73 bits per heavy atom. The first-order valence-electron chi connectivity index (χ1n) is 9.55. The Balaban J connectivity index is 2.27. The van der Waals surface area contributed by atoms with Crippen molar-refractivity contribution in [2.24, 2.45) is 0 Å². The van der Waals surface area contributed by atoms with Crippen LogP contribution in [0.3, 0.4) is 0 Å². The van der Waals surface area contributed by atoms with Crippen LogP contribution in [0, 0.1) is 0 Å². The monoisotopic (exact) mass is 470 g/mol. The zero-order valence-corrected chi connectivity index (χ0v) is 19.1. The number of hydrogen-bond donors (Lipinski definition) is 1. The van der Waals surface area contributed by atoms with E-state index in [0.29, 0.717) is 28.6 Å². The Kier molecular flexibility index (Phi) is 8.70. The third kappa shape index (κ3) is 6.20. The molecule has 0 radical (unpaired) electrons. The molecular weight excluding hydrogens is 447 g/mol. The summed E-state index contributed by atoms with van der Waals surface area (Å²) in [6.07, 6.45) is 1.03. The van der Waals surface area contributed by atoms with Gasteiger partial charge in [0.1, 0.15) is 6.54 Å². The van der Waals surface area contributed by atoms with Gasteiger partial charge in [-0.2, -0.15) is 0 Å². The zero-order valence-electron chi connectivity index (χ0n) is 16.8. The van der Waals surface area contributed by atoms with Crippen molar-refractivity contribution >= 4 is 50.5 Å². The van der Waals surface area contributed by atoms with Crippen LogP contribution in [0.2, 0.25) is 10.0 Å². The number of benzene rings is 2. The van der Waals surface area contributed by atoms with E-state index in [-0.39, 0.29) is 29.3 Å². The van der Waals surface area contributed by atoms with E-state index in [1.807, 2.05) is 6.92 Å². The van der Waals surface area contributed by atoms with E-state index in [0.717, 1.165) is 0 Å². The number of nitrogens with one attached hydrogen (secondary N) is 1. The summed E-state index contributed by atoms with van der Waals surface area (Å²) in [5.41, 5.74) is 0.400. The van der Waals surface area contributed by atoms with E-state index in [2.05, 4.69) is 5.32 Å². The molecule has 0 atom stereocenters. The van der Waals surface area contributed by atoms with Gasteiger partial charge in [0.2, 0.25) is 5.91 Å². The molecule has 0 fully saturated rings. The van der Waals surface area contributed by atoms with Gasteiger partial charge in [-0.05, 0) is 43.2 Å². The molecule has 30 heavy (non-hydrogen) atoms. The van der Waals surface area contributed by atoms with E-state index in [9.17, 15) is 18.0 Å². The fourth-order valence-electron chi connectivity index (χ4n) is 2.94. The number of carbonyl (C=O) groups is 2. The molecule has 2 amide bonds. The van der Waals surface area contributed by atoms with Crippen LogP contribution in [0.25, 0.3) is 0 Å². The second kappa shape index (κ2) is 10.8. The minimum absolute atomic E-state index is 0.0174. The van der Waals surface area contributed by atoms with Crippen LogP contribution in [-0.4, -0.2) is 44.0 Å². The molecule has 0 heterocycles. The number of rotatable bonds is 9. The molecule has 2 aromatic carbocycles. The van der Waals surface area contributed by atoms with Gasteiger partial charge in [-0.1, -0.05) is 49.2 Å². The third-order valence-corrected chi connectivity index (χ3v) is 6.78. The lowest BCUT2D eigenvalue weighted by atomic mass is 10.2. The van der Waals surface area contributed by atoms with E-state index < -0.39 is 21.7 Å². The van der Waals surface area contributed by atoms with Crippen molar-refractivity contribution in [2.45, 2.75) is 31.6 Å². The second-order valence-electron chi connectivity index (χ2n) is 6.71. The van der Waals surface area contributed by atoms with Crippen molar-refractivity contribution in [1.29, 1.82) is 0 Å². The normalized spacial score (nSPS) is 11.2. The van der Waals surface area contributed by atoms with Crippen LogP contribution in [0.5, 0.6) is 0 Å². The maximum Gasteiger partial charge on any atom is 0.255 e. The number of nitrogens with zero attached hydrogens (tertiary/aromatic N) is 1. The predicted molar refractivity (Wildman–Crippen MR) is 120 cm³/mol. The quantitative estimate of drug-likeness (QED) is 0.576. The lowest BCUT2D eigenvalue weighted by molar-refractivity contribution is -0.116. The predicted octanol–water partition coefficient (Wildman–Crippen LogP) is 4.67. The highest BCUT2D eigenvalue weighted by atomic mass is 35.5. The average molecular weight is 471 g/mol. The first-order valence-corrected chi connectivity index (χ1v) is 12.0. The molecule has 0 saturated heterocycles. The molecule has 0 aliphatic carbocycles. The van der Waals surface area contributed by atoms with Crippen molar-refractivity contribution in [3.8, 4) is 0 Å². The van der Waals surface area contributed by atoms with E-state index in [4.69, 9.17) is 23.2 Å². The molecular formula is C21H24Cl2N2O4S. The summed E-state index contributed by atoms with van der Waals surface area (Å²) in [6.45, 7) is 3.66. The van der Waals surface area contributed by atoms with Crippen molar-refractivity contribution in [3.05, 3.63) is 58.1 Å². The number of amides is 2. The Bertz CT molecular complexity index is 1030. The highest BCUT2D eigenvalue weighted by molar-refractivity contribution is 7.91. The number of carbonyl (C=O) groups excluding carboxylic acids is 2. The lowest BCUT2D eigenvalue weighted by Crippen LogP contribution is -2.39. The highest BCUT2D eigenvalue weighted by Crippen LogP contribution is 2.25. The maximum atomic E-state index is 13.1. The van der Waals surface area contributed by atoms with Gasteiger partial charge in [0, 0.05) is 11.6 Å². The van der Waals surface area contributed by atoms with Gasteiger partial charge in [-0.25, -0.2) is 8.42 Å². The summed E-state index contributed by atoms with van der Waals surface area (Å²) in [5.74, 6) is -1.03. The molecule has 0 bridgehead atoms. The van der Waals surface area contributed by atoms with Crippen molar-refractivity contribution in [2.75, 3.05) is 24.2 Å². The van der Waals surface area contributed by atoms with Gasteiger partial charge in [0.15, 0.2) is 9.84 Å². The van der Waals surface area contributed by atoms with Gasteiger partial charge < -0.3 is 10.2 Å². The summed E-state index contributed by atoms with van der Waals surface area (Å²) in [6, 6.07) is 10.8. The molecule has 6 nitrogen and oxygen atoms in total. The molecule has 0 spiro atoms. The van der Waals surface area contributed by atoms with Crippen LogP contribution >= 0.6 is 23.2 Å². The van der Waals surface area contributed by atoms with E-state index >= 15 is 0 Å². The highest BCUT2D eigenvalue weighted by Gasteiger charge is 2.26. The van der Waals surface area contributed by atoms with Crippen molar-refractivity contribution in [1.82, 2.24) is 4.90 Å². The van der Waals surface area contributed by atoms with Gasteiger partial charge >= 0.3 is 0 Å². The van der Waals surface area contributed by atoms with Crippen LogP contribution in [-0.2, 0) is 14.6 Å². The molecule has 0 aliphatic heterocycles. The number of sulfone groups is 1. The topological polar surface area (TPSA) is 83.6 Å². The van der Waals surface area contributed by atoms with Crippen LogP contribution in [0.1, 0.15) is 37.0 Å². The minimum atomic E-state index is -3.60. The molecule has 1 N–H and O–H groups in total. The number of hydrogen-bond acceptors (Lipinski definition) is 4. The van der Waals surface area contributed by atoms with Crippen LogP contribution in [0.4, 0.5) is 5.69 Å². The van der Waals surface area contributed by atoms with E-state index in [1.165, 1.54) is 23.1 Å².